The summed E-state index contributed by atoms with van der Waals surface area (Å²) in [5, 5.41) is 12.4. The molecule has 0 bridgehead atoms. The van der Waals surface area contributed by atoms with Crippen LogP contribution in [0.15, 0.2) is 47.6 Å². The normalized spacial score (nSPS) is 14.9. The third-order valence-corrected chi connectivity index (χ3v) is 7.28. The second-order valence-corrected chi connectivity index (χ2v) is 9.86. The van der Waals surface area contributed by atoms with Crippen molar-refractivity contribution in [2.45, 2.75) is 55.5 Å². The van der Waals surface area contributed by atoms with Crippen molar-refractivity contribution in [1.82, 2.24) is 14.8 Å². The number of benzene rings is 2. The first-order valence-electron chi connectivity index (χ1n) is 11.8. The number of rotatable bonds is 9. The van der Waals surface area contributed by atoms with Gasteiger partial charge in [0.15, 0.2) is 11.0 Å². The molecule has 1 aliphatic carbocycles. The van der Waals surface area contributed by atoms with Gasteiger partial charge >= 0.3 is 0 Å². The molecule has 0 radical (unpaired) electrons. The number of carbonyl (C=O) groups excluding carboxylic acids is 1. The van der Waals surface area contributed by atoms with E-state index in [4.69, 9.17) is 14.2 Å². The quantitative estimate of drug-likeness (QED) is 0.386. The Balaban J connectivity index is 1.57. The third kappa shape index (κ3) is 5.90. The lowest BCUT2D eigenvalue weighted by atomic mass is 9.95. The van der Waals surface area contributed by atoms with E-state index in [1.165, 1.54) is 31.0 Å². The van der Waals surface area contributed by atoms with Gasteiger partial charge in [0.05, 0.1) is 26.6 Å². The van der Waals surface area contributed by atoms with Crippen LogP contribution in [0.3, 0.4) is 0 Å². The number of aromatic nitrogens is 3. The number of ether oxygens (including phenoxy) is 3. The van der Waals surface area contributed by atoms with E-state index >= 15 is 0 Å². The van der Waals surface area contributed by atoms with Gasteiger partial charge in [0.25, 0.3) is 0 Å². The summed E-state index contributed by atoms with van der Waals surface area (Å²) < 4.78 is 18.2. The van der Waals surface area contributed by atoms with Crippen molar-refractivity contribution in [1.29, 1.82) is 0 Å². The summed E-state index contributed by atoms with van der Waals surface area (Å²) >= 11 is 1.42. The first-order valence-corrected chi connectivity index (χ1v) is 12.7. The number of nitrogens with zero attached hydrogens (tertiary/aromatic N) is 3. The Bertz CT molecular complexity index is 1120. The van der Waals surface area contributed by atoms with E-state index in [2.05, 4.69) is 20.1 Å². The first-order chi connectivity index (χ1) is 17.0. The minimum atomic E-state index is -0.387. The molecule has 1 N–H and O–H groups in total. The van der Waals surface area contributed by atoms with Crippen molar-refractivity contribution in [3.63, 3.8) is 0 Å². The highest BCUT2D eigenvalue weighted by atomic mass is 32.2. The van der Waals surface area contributed by atoms with Crippen LogP contribution in [0.25, 0.3) is 11.4 Å². The van der Waals surface area contributed by atoms with Crippen molar-refractivity contribution >= 4 is 23.4 Å². The summed E-state index contributed by atoms with van der Waals surface area (Å²) in [6.07, 6.45) is 5.78. The maximum Gasteiger partial charge on any atom is 0.237 e. The molecule has 186 valence electrons. The molecule has 8 nitrogen and oxygen atoms in total. The Labute approximate surface area is 210 Å². The lowest BCUT2D eigenvalue weighted by Gasteiger charge is -2.26. The van der Waals surface area contributed by atoms with Crippen molar-refractivity contribution in [3.05, 3.63) is 42.5 Å². The number of methoxy groups -OCH3 is 3. The highest BCUT2D eigenvalue weighted by Crippen LogP contribution is 2.37. The summed E-state index contributed by atoms with van der Waals surface area (Å²) in [4.78, 5) is 13.1. The molecule has 3 aromatic rings. The monoisotopic (exact) mass is 496 g/mol. The van der Waals surface area contributed by atoms with E-state index in [-0.39, 0.29) is 11.2 Å². The molecule has 1 aromatic heterocycles. The summed E-state index contributed by atoms with van der Waals surface area (Å²) in [7, 11) is 4.82. The summed E-state index contributed by atoms with van der Waals surface area (Å²) in [5.74, 6) is 2.72. The third-order valence-electron chi connectivity index (χ3n) is 6.22. The van der Waals surface area contributed by atoms with Gasteiger partial charge in [-0.3, -0.25) is 9.36 Å². The molecule has 1 amide bonds. The van der Waals surface area contributed by atoms with Gasteiger partial charge in [0.1, 0.15) is 17.2 Å². The van der Waals surface area contributed by atoms with E-state index in [1.54, 1.807) is 39.5 Å². The van der Waals surface area contributed by atoms with Crippen LogP contribution in [0, 0.1) is 0 Å². The highest BCUT2D eigenvalue weighted by Gasteiger charge is 2.26. The van der Waals surface area contributed by atoms with Gasteiger partial charge in [-0.1, -0.05) is 31.0 Å². The van der Waals surface area contributed by atoms with Crippen LogP contribution in [0.2, 0.25) is 0 Å². The van der Waals surface area contributed by atoms with Crippen LogP contribution in [0.1, 0.15) is 45.1 Å². The van der Waals surface area contributed by atoms with E-state index in [0.29, 0.717) is 23.2 Å². The number of nitrogens with one attached hydrogen (secondary N) is 1. The van der Waals surface area contributed by atoms with Crippen LogP contribution in [0.5, 0.6) is 17.2 Å². The van der Waals surface area contributed by atoms with Gasteiger partial charge in [-0.15, -0.1) is 10.2 Å². The Morgan fingerprint density at radius 2 is 1.57 bits per heavy atom. The number of anilines is 1. The fourth-order valence-electron chi connectivity index (χ4n) is 4.30. The molecule has 0 aliphatic heterocycles. The van der Waals surface area contributed by atoms with Crippen LogP contribution >= 0.6 is 11.8 Å². The maximum atomic E-state index is 13.1. The molecule has 4 rings (SSSR count). The number of hydrogen-bond donors (Lipinski definition) is 1. The summed E-state index contributed by atoms with van der Waals surface area (Å²) in [5.41, 5.74) is 1.60. The SMILES string of the molecule is COc1ccc(-c2nnc(SC(C)C(=O)Nc3cc(OC)cc(OC)c3)n2C2CCCCC2)cc1. The first kappa shape index (κ1) is 24.9. The summed E-state index contributed by atoms with van der Waals surface area (Å²) in [6, 6.07) is 13.5. The largest absolute Gasteiger partial charge is 0.497 e. The molecule has 35 heavy (non-hydrogen) atoms. The van der Waals surface area contributed by atoms with Gasteiger partial charge in [0, 0.05) is 35.5 Å². The highest BCUT2D eigenvalue weighted by molar-refractivity contribution is 8.00. The summed E-state index contributed by atoms with van der Waals surface area (Å²) in [6.45, 7) is 1.88. The molecular formula is C26H32N4O4S. The van der Waals surface area contributed by atoms with Crippen molar-refractivity contribution in [2.75, 3.05) is 26.6 Å². The smallest absolute Gasteiger partial charge is 0.237 e. The average Bonchev–Trinajstić information content (AvgIpc) is 3.32. The van der Waals surface area contributed by atoms with Gasteiger partial charge < -0.3 is 19.5 Å². The number of hydrogen-bond acceptors (Lipinski definition) is 7. The zero-order valence-corrected chi connectivity index (χ0v) is 21.4. The molecular weight excluding hydrogens is 464 g/mol. The molecule has 9 heteroatoms. The topological polar surface area (TPSA) is 87.5 Å². The second-order valence-electron chi connectivity index (χ2n) is 8.55. The molecule has 0 spiro atoms. The van der Waals surface area contributed by atoms with Crippen LogP contribution in [0.4, 0.5) is 5.69 Å². The molecule has 1 aliphatic rings. The van der Waals surface area contributed by atoms with E-state index in [0.717, 1.165) is 35.1 Å². The molecule has 1 saturated carbocycles. The molecule has 1 unspecified atom stereocenters. The fourth-order valence-corrected chi connectivity index (χ4v) is 5.22. The van der Waals surface area contributed by atoms with Crippen molar-refractivity contribution < 1.29 is 19.0 Å². The zero-order valence-electron chi connectivity index (χ0n) is 20.6. The Morgan fingerprint density at radius 1 is 0.943 bits per heavy atom. The van der Waals surface area contributed by atoms with Crippen LogP contribution < -0.4 is 19.5 Å². The lowest BCUT2D eigenvalue weighted by molar-refractivity contribution is -0.115. The second kappa shape index (κ2) is 11.5. The van der Waals surface area contributed by atoms with E-state index in [9.17, 15) is 4.79 Å². The van der Waals surface area contributed by atoms with E-state index < -0.39 is 0 Å². The van der Waals surface area contributed by atoms with Crippen molar-refractivity contribution in [3.8, 4) is 28.6 Å². The van der Waals surface area contributed by atoms with E-state index in [1.807, 2.05) is 31.2 Å². The van der Waals surface area contributed by atoms with Gasteiger partial charge in [-0.05, 0) is 44.0 Å². The molecule has 1 fully saturated rings. The Hall–Kier alpha value is -3.20. The standard InChI is InChI=1S/C26H32N4O4S/c1-17(25(31)27-19-14-22(33-3)16-23(15-19)34-4)35-26-29-28-24(18-10-12-21(32-2)13-11-18)30(26)20-8-6-5-7-9-20/h10-17,20H,5-9H2,1-4H3,(H,27,31). The fraction of sp³-hybridized carbons (Fsp3) is 0.423. The number of thioether (sulfide) groups is 1. The van der Waals surface area contributed by atoms with Gasteiger partial charge in [-0.2, -0.15) is 0 Å². The predicted octanol–water partition coefficient (Wildman–Crippen LogP) is 5.60. The minimum Gasteiger partial charge on any atom is -0.497 e. The minimum absolute atomic E-state index is 0.130. The average molecular weight is 497 g/mol. The van der Waals surface area contributed by atoms with Crippen LogP contribution in [-0.2, 0) is 4.79 Å². The van der Waals surface area contributed by atoms with Crippen LogP contribution in [-0.4, -0.2) is 47.3 Å². The Morgan fingerprint density at radius 3 is 2.17 bits per heavy atom. The molecule has 1 heterocycles. The maximum absolute atomic E-state index is 13.1. The molecule has 1 atom stereocenters. The zero-order chi connectivity index (χ0) is 24.8. The van der Waals surface area contributed by atoms with Crippen molar-refractivity contribution in [2.24, 2.45) is 0 Å². The molecule has 2 aromatic carbocycles. The number of carbonyl (C=O) groups is 1. The lowest BCUT2D eigenvalue weighted by Crippen LogP contribution is -2.23. The predicted molar refractivity (Wildman–Crippen MR) is 138 cm³/mol. The number of amides is 1. The van der Waals surface area contributed by atoms with Gasteiger partial charge in [-0.25, -0.2) is 0 Å². The Kier molecular flexibility index (Phi) is 8.17. The molecule has 0 saturated heterocycles. The van der Waals surface area contributed by atoms with Gasteiger partial charge in [0.2, 0.25) is 5.91 Å².